The van der Waals surface area contributed by atoms with E-state index in [0.29, 0.717) is 44.1 Å². The standard InChI is InChI=1S/C28H29ClF3N5O5/c29-25-20(15-34-37(27(25)39)23-5-1-3-11-40-23)35-9-10-36-21(14-33-22(36)16-35)26(38)18-8-7-17(13-19(18)28(30,31)32)42-24-6-2-4-12-41-24/h7-8,13-15,23-24H,1-6,9-12,16H2. The highest BCUT2D eigenvalue weighted by molar-refractivity contribution is 6.33. The number of anilines is 1. The molecule has 0 amide bonds. The fraction of sp³-hybridized carbons (Fsp3) is 0.500. The van der Waals surface area contributed by atoms with Crippen molar-refractivity contribution in [3.63, 3.8) is 0 Å². The average Bonchev–Trinajstić information content (AvgIpc) is 3.42. The Kier molecular flexibility index (Phi) is 7.99. The average molecular weight is 608 g/mol. The number of ether oxygens (including phenoxy) is 3. The quantitative estimate of drug-likeness (QED) is 0.362. The summed E-state index contributed by atoms with van der Waals surface area (Å²) in [6, 6.07) is 3.33. The monoisotopic (exact) mass is 607 g/mol. The van der Waals surface area contributed by atoms with Crippen LogP contribution >= 0.6 is 11.6 Å². The Bertz CT molecular complexity index is 1530. The molecular formula is C28H29ClF3N5O5. The predicted octanol–water partition coefficient (Wildman–Crippen LogP) is 4.97. The molecule has 0 aliphatic carbocycles. The Labute approximate surface area is 243 Å². The lowest BCUT2D eigenvalue weighted by Crippen LogP contribution is -2.37. The normalized spacial score (nSPS) is 21.2. The van der Waals surface area contributed by atoms with Crippen molar-refractivity contribution in [2.45, 2.75) is 70.3 Å². The molecule has 0 saturated carbocycles. The second-order valence-electron chi connectivity index (χ2n) is 10.5. The Morgan fingerprint density at radius 2 is 1.83 bits per heavy atom. The summed E-state index contributed by atoms with van der Waals surface area (Å²) in [7, 11) is 0. The van der Waals surface area contributed by atoms with Gasteiger partial charge in [-0.3, -0.25) is 9.59 Å². The fourth-order valence-electron chi connectivity index (χ4n) is 5.55. The van der Waals surface area contributed by atoms with Crippen molar-refractivity contribution in [3.05, 3.63) is 68.6 Å². The van der Waals surface area contributed by atoms with E-state index in [1.54, 1.807) is 9.47 Å². The van der Waals surface area contributed by atoms with Crippen molar-refractivity contribution in [3.8, 4) is 5.75 Å². The van der Waals surface area contributed by atoms with E-state index in [2.05, 4.69) is 10.1 Å². The molecule has 2 saturated heterocycles. The van der Waals surface area contributed by atoms with Gasteiger partial charge in [-0.25, -0.2) is 4.98 Å². The van der Waals surface area contributed by atoms with Crippen molar-refractivity contribution < 1.29 is 32.2 Å². The number of hydrogen-bond acceptors (Lipinski definition) is 8. The Morgan fingerprint density at radius 1 is 1.05 bits per heavy atom. The van der Waals surface area contributed by atoms with E-state index in [-0.39, 0.29) is 29.6 Å². The van der Waals surface area contributed by atoms with Crippen LogP contribution in [0.3, 0.4) is 0 Å². The summed E-state index contributed by atoms with van der Waals surface area (Å²) in [5.74, 6) is -0.368. The van der Waals surface area contributed by atoms with Crippen LogP contribution in [0.25, 0.3) is 0 Å². The third-order valence-electron chi connectivity index (χ3n) is 7.74. The predicted molar refractivity (Wildman–Crippen MR) is 145 cm³/mol. The van der Waals surface area contributed by atoms with Crippen LogP contribution in [-0.2, 0) is 28.7 Å². The second kappa shape index (κ2) is 11.7. The van der Waals surface area contributed by atoms with Crippen molar-refractivity contribution in [1.29, 1.82) is 0 Å². The summed E-state index contributed by atoms with van der Waals surface area (Å²) in [6.45, 7) is 1.78. The maximum Gasteiger partial charge on any atom is 0.417 e. The molecule has 2 aromatic heterocycles. The first kappa shape index (κ1) is 28.7. The molecule has 42 heavy (non-hydrogen) atoms. The van der Waals surface area contributed by atoms with E-state index < -0.39 is 41.2 Å². The van der Waals surface area contributed by atoms with Crippen molar-refractivity contribution in [2.75, 3.05) is 24.7 Å². The van der Waals surface area contributed by atoms with Crippen molar-refractivity contribution >= 4 is 23.1 Å². The number of benzene rings is 1. The zero-order valence-electron chi connectivity index (χ0n) is 22.6. The lowest BCUT2D eigenvalue weighted by atomic mass is 10.0. The van der Waals surface area contributed by atoms with E-state index in [4.69, 9.17) is 25.8 Å². The number of carbonyl (C=O) groups is 1. The first-order chi connectivity index (χ1) is 20.2. The number of alkyl halides is 3. The Hall–Kier alpha value is -3.42. The Balaban J connectivity index is 1.23. The highest BCUT2D eigenvalue weighted by Crippen LogP contribution is 2.36. The molecule has 14 heteroatoms. The highest BCUT2D eigenvalue weighted by atomic mass is 35.5. The number of carbonyl (C=O) groups excluding carboxylic acids is 1. The molecule has 3 aliphatic rings. The van der Waals surface area contributed by atoms with E-state index in [0.717, 1.165) is 37.8 Å². The molecule has 0 N–H and O–H groups in total. The summed E-state index contributed by atoms with van der Waals surface area (Å²) >= 11 is 6.47. The fourth-order valence-corrected chi connectivity index (χ4v) is 5.80. The molecule has 3 aliphatic heterocycles. The van der Waals surface area contributed by atoms with Gasteiger partial charge in [-0.1, -0.05) is 11.6 Å². The van der Waals surface area contributed by atoms with Crippen LogP contribution < -0.4 is 15.2 Å². The molecule has 1 aromatic carbocycles. The van der Waals surface area contributed by atoms with Gasteiger partial charge in [-0.2, -0.15) is 23.0 Å². The zero-order chi connectivity index (χ0) is 29.4. The summed E-state index contributed by atoms with van der Waals surface area (Å²) in [5.41, 5.74) is -1.60. The maximum absolute atomic E-state index is 14.1. The summed E-state index contributed by atoms with van der Waals surface area (Å²) in [6.07, 6.45) is 1.74. The van der Waals surface area contributed by atoms with Crippen LogP contribution in [-0.4, -0.2) is 51.2 Å². The van der Waals surface area contributed by atoms with Crippen LogP contribution in [0.4, 0.5) is 18.9 Å². The summed E-state index contributed by atoms with van der Waals surface area (Å²) in [5, 5.41) is 4.28. The number of rotatable bonds is 6. The first-order valence-corrected chi connectivity index (χ1v) is 14.3. The number of hydrogen-bond donors (Lipinski definition) is 0. The first-order valence-electron chi connectivity index (χ1n) is 13.9. The Morgan fingerprint density at radius 3 is 2.55 bits per heavy atom. The minimum atomic E-state index is -4.79. The number of aromatic nitrogens is 4. The SMILES string of the molecule is O=C(c1ccc(OC2CCCCO2)cc1C(F)(F)F)c1cnc2n1CCN(c1cnn(C3CCCCO3)c(=O)c1Cl)C2. The molecule has 5 heterocycles. The van der Waals surface area contributed by atoms with E-state index >= 15 is 0 Å². The van der Waals surface area contributed by atoms with Crippen molar-refractivity contribution in [2.24, 2.45) is 0 Å². The summed E-state index contributed by atoms with van der Waals surface area (Å²) in [4.78, 5) is 32.5. The molecule has 2 atom stereocenters. The molecule has 0 spiro atoms. The molecule has 3 aromatic rings. The van der Waals surface area contributed by atoms with Gasteiger partial charge in [0.05, 0.1) is 36.8 Å². The lowest BCUT2D eigenvalue weighted by molar-refractivity contribution is -0.138. The molecule has 2 unspecified atom stereocenters. The van der Waals surface area contributed by atoms with Crippen LogP contribution in [0.2, 0.25) is 5.02 Å². The minimum absolute atomic E-state index is 0.00812. The number of imidazole rings is 1. The van der Waals surface area contributed by atoms with Crippen molar-refractivity contribution in [1.82, 2.24) is 19.3 Å². The topological polar surface area (TPSA) is 101 Å². The zero-order valence-corrected chi connectivity index (χ0v) is 23.4. The number of halogens is 4. The van der Waals surface area contributed by atoms with Gasteiger partial charge >= 0.3 is 6.18 Å². The van der Waals surface area contributed by atoms with Crippen LogP contribution in [0.1, 0.15) is 72.2 Å². The van der Waals surface area contributed by atoms with Gasteiger partial charge in [-0.15, -0.1) is 0 Å². The lowest BCUT2D eigenvalue weighted by Gasteiger charge is -2.31. The van der Waals surface area contributed by atoms with Gasteiger partial charge in [0, 0.05) is 31.7 Å². The third-order valence-corrected chi connectivity index (χ3v) is 8.09. The van der Waals surface area contributed by atoms with Crippen LogP contribution in [0.15, 0.2) is 35.4 Å². The maximum atomic E-state index is 14.1. The smallest absolute Gasteiger partial charge is 0.417 e. The minimum Gasteiger partial charge on any atom is -0.465 e. The molecular weight excluding hydrogens is 579 g/mol. The number of nitrogens with zero attached hydrogens (tertiary/aromatic N) is 5. The van der Waals surface area contributed by atoms with Gasteiger partial charge in [0.1, 0.15) is 22.3 Å². The molecule has 0 radical (unpaired) electrons. The van der Waals surface area contributed by atoms with E-state index in [9.17, 15) is 22.8 Å². The molecule has 10 nitrogen and oxygen atoms in total. The highest BCUT2D eigenvalue weighted by Gasteiger charge is 2.37. The van der Waals surface area contributed by atoms with Gasteiger partial charge in [0.25, 0.3) is 5.56 Å². The van der Waals surface area contributed by atoms with E-state index in [1.807, 2.05) is 0 Å². The van der Waals surface area contributed by atoms with Gasteiger partial charge in [0.15, 0.2) is 12.5 Å². The second-order valence-corrected chi connectivity index (χ2v) is 10.9. The van der Waals surface area contributed by atoms with Gasteiger partial charge in [-0.05, 0) is 50.3 Å². The largest absolute Gasteiger partial charge is 0.465 e. The molecule has 224 valence electrons. The van der Waals surface area contributed by atoms with Crippen LogP contribution in [0.5, 0.6) is 5.75 Å². The molecule has 0 bridgehead atoms. The van der Waals surface area contributed by atoms with Gasteiger partial charge < -0.3 is 23.7 Å². The van der Waals surface area contributed by atoms with Crippen LogP contribution in [0, 0.1) is 0 Å². The van der Waals surface area contributed by atoms with Gasteiger partial charge in [0.2, 0.25) is 5.78 Å². The number of ketones is 1. The molecule has 6 rings (SSSR count). The molecule has 2 fully saturated rings. The third kappa shape index (κ3) is 5.64. The summed E-state index contributed by atoms with van der Waals surface area (Å²) < 4.78 is 61.8. The number of fused-ring (bicyclic) bond motifs is 1. The van der Waals surface area contributed by atoms with E-state index in [1.165, 1.54) is 23.1 Å².